The molecule has 2 aromatic rings. The molecule has 7 heteroatoms. The van der Waals surface area contributed by atoms with E-state index in [0.717, 1.165) is 16.4 Å². The molecular weight excluding hydrogens is 318 g/mol. The zero-order valence-corrected chi connectivity index (χ0v) is 14.6. The second kappa shape index (κ2) is 7.21. The first-order valence-electron chi connectivity index (χ1n) is 7.14. The van der Waals surface area contributed by atoms with Crippen molar-refractivity contribution in [1.82, 2.24) is 9.71 Å². The summed E-state index contributed by atoms with van der Waals surface area (Å²) in [5, 5.41) is 5.73. The van der Waals surface area contributed by atoms with Crippen LogP contribution >= 0.6 is 11.3 Å². The van der Waals surface area contributed by atoms with Crippen molar-refractivity contribution in [3.05, 3.63) is 40.9 Å². The minimum Gasteiger partial charge on any atom is -0.365 e. The molecule has 22 heavy (non-hydrogen) atoms. The lowest BCUT2D eigenvalue weighted by Gasteiger charge is -2.08. The Labute approximate surface area is 135 Å². The van der Waals surface area contributed by atoms with Crippen molar-refractivity contribution in [1.29, 1.82) is 0 Å². The Kier molecular flexibility index (Phi) is 5.55. The number of sulfonamides is 1. The number of rotatable bonds is 7. The van der Waals surface area contributed by atoms with Crippen LogP contribution in [0.15, 0.2) is 34.5 Å². The van der Waals surface area contributed by atoms with Crippen molar-refractivity contribution >= 4 is 26.5 Å². The molecule has 2 rings (SSSR count). The van der Waals surface area contributed by atoms with Gasteiger partial charge in [-0.25, -0.2) is 18.1 Å². The van der Waals surface area contributed by atoms with E-state index < -0.39 is 10.0 Å². The van der Waals surface area contributed by atoms with E-state index in [9.17, 15) is 8.42 Å². The first-order chi connectivity index (χ1) is 10.4. The molecular formula is C15H21N3O2S2. The molecule has 0 saturated heterocycles. The summed E-state index contributed by atoms with van der Waals surface area (Å²) < 4.78 is 27.1. The molecule has 0 fully saturated rings. The molecule has 0 aliphatic rings. The van der Waals surface area contributed by atoms with Gasteiger partial charge in [0.1, 0.15) is 0 Å². The summed E-state index contributed by atoms with van der Waals surface area (Å²) in [5.41, 5.74) is 2.01. The van der Waals surface area contributed by atoms with E-state index in [0.29, 0.717) is 23.8 Å². The maximum atomic E-state index is 12.2. The smallest absolute Gasteiger partial charge is 0.240 e. The van der Waals surface area contributed by atoms with E-state index in [4.69, 9.17) is 0 Å². The summed E-state index contributed by atoms with van der Waals surface area (Å²) in [6.45, 7) is 4.49. The largest absolute Gasteiger partial charge is 0.365 e. The van der Waals surface area contributed by atoms with Crippen molar-refractivity contribution in [2.75, 3.05) is 18.9 Å². The van der Waals surface area contributed by atoms with Crippen LogP contribution in [0.4, 0.5) is 5.13 Å². The Hall–Kier alpha value is -1.44. The van der Waals surface area contributed by atoms with E-state index >= 15 is 0 Å². The average molecular weight is 339 g/mol. The summed E-state index contributed by atoms with van der Waals surface area (Å²) in [6, 6.07) is 7.02. The Bertz CT molecular complexity index is 707. The Morgan fingerprint density at radius 2 is 1.91 bits per heavy atom. The Morgan fingerprint density at radius 3 is 2.45 bits per heavy atom. The molecule has 0 bridgehead atoms. The zero-order chi connectivity index (χ0) is 16.2. The third-order valence-corrected chi connectivity index (χ3v) is 5.68. The molecule has 1 aromatic heterocycles. The van der Waals surface area contributed by atoms with Gasteiger partial charge in [-0.3, -0.25) is 0 Å². The third kappa shape index (κ3) is 4.28. The van der Waals surface area contributed by atoms with Gasteiger partial charge in [-0.05, 0) is 23.6 Å². The summed E-state index contributed by atoms with van der Waals surface area (Å²) in [7, 11) is -1.65. The minimum absolute atomic E-state index is 0.297. The lowest BCUT2D eigenvalue weighted by molar-refractivity contribution is 0.581. The number of aromatic nitrogens is 1. The molecule has 1 heterocycles. The summed E-state index contributed by atoms with van der Waals surface area (Å²) in [4.78, 5) is 4.62. The summed E-state index contributed by atoms with van der Waals surface area (Å²) in [5.74, 6) is 0.385. The fourth-order valence-electron chi connectivity index (χ4n) is 1.97. The topological polar surface area (TPSA) is 71.1 Å². The van der Waals surface area contributed by atoms with Crippen LogP contribution in [0.2, 0.25) is 0 Å². The molecule has 0 atom stereocenters. The van der Waals surface area contributed by atoms with Gasteiger partial charge in [0.05, 0.1) is 10.6 Å². The fraction of sp³-hybridized carbons (Fsp3) is 0.400. The van der Waals surface area contributed by atoms with Gasteiger partial charge >= 0.3 is 0 Å². The lowest BCUT2D eigenvalue weighted by atomic mass is 10.0. The monoisotopic (exact) mass is 339 g/mol. The minimum atomic E-state index is -3.46. The molecule has 0 spiro atoms. The average Bonchev–Trinajstić information content (AvgIpc) is 2.95. The SMILES string of the molecule is CNc1nc(CCNS(=O)(=O)c2ccc(C(C)C)cc2)cs1. The number of hydrogen-bond donors (Lipinski definition) is 2. The number of thiazole rings is 1. The Morgan fingerprint density at radius 1 is 1.23 bits per heavy atom. The van der Waals surface area contributed by atoms with Crippen LogP contribution in [0.5, 0.6) is 0 Å². The number of anilines is 1. The predicted octanol–water partition coefficient (Wildman–Crippen LogP) is 2.83. The highest BCUT2D eigenvalue weighted by atomic mass is 32.2. The standard InChI is InChI=1S/C15H21N3O2S2/c1-11(2)12-4-6-14(7-5-12)22(19,20)17-9-8-13-10-21-15(16-3)18-13/h4-7,10-11,17H,8-9H2,1-3H3,(H,16,18). The maximum Gasteiger partial charge on any atom is 0.240 e. The van der Waals surface area contributed by atoms with Gasteiger partial charge in [-0.2, -0.15) is 0 Å². The fourth-order valence-corrected chi connectivity index (χ4v) is 3.70. The number of nitrogens with one attached hydrogen (secondary N) is 2. The molecule has 0 aliphatic carbocycles. The molecule has 0 unspecified atom stereocenters. The van der Waals surface area contributed by atoms with Gasteiger partial charge in [0.2, 0.25) is 10.0 Å². The molecule has 0 radical (unpaired) electrons. The van der Waals surface area contributed by atoms with Crippen molar-refractivity contribution < 1.29 is 8.42 Å². The van der Waals surface area contributed by atoms with Gasteiger partial charge in [0.25, 0.3) is 0 Å². The van der Waals surface area contributed by atoms with Gasteiger partial charge in [-0.15, -0.1) is 11.3 Å². The van der Waals surface area contributed by atoms with Crippen LogP contribution in [0.1, 0.15) is 31.0 Å². The van der Waals surface area contributed by atoms with E-state index in [2.05, 4.69) is 28.9 Å². The normalized spacial score (nSPS) is 11.8. The van der Waals surface area contributed by atoms with Crippen LogP contribution in [0.25, 0.3) is 0 Å². The van der Waals surface area contributed by atoms with Gasteiger partial charge in [0.15, 0.2) is 5.13 Å². The van der Waals surface area contributed by atoms with E-state index in [1.165, 1.54) is 11.3 Å². The molecule has 0 aliphatic heterocycles. The number of hydrogen-bond acceptors (Lipinski definition) is 5. The summed E-state index contributed by atoms with van der Waals surface area (Å²) in [6.07, 6.45) is 0.571. The van der Waals surface area contributed by atoms with Crippen LogP contribution in [-0.4, -0.2) is 27.0 Å². The Balaban J connectivity index is 1.95. The van der Waals surface area contributed by atoms with Gasteiger partial charge in [0, 0.05) is 25.4 Å². The van der Waals surface area contributed by atoms with Crippen molar-refractivity contribution in [2.24, 2.45) is 0 Å². The highest BCUT2D eigenvalue weighted by molar-refractivity contribution is 7.89. The highest BCUT2D eigenvalue weighted by Crippen LogP contribution is 2.17. The molecule has 1 aromatic carbocycles. The maximum absolute atomic E-state index is 12.2. The third-order valence-electron chi connectivity index (χ3n) is 3.30. The molecule has 0 saturated carbocycles. The van der Waals surface area contributed by atoms with Crippen molar-refractivity contribution in [3.63, 3.8) is 0 Å². The number of nitrogens with zero attached hydrogens (tertiary/aromatic N) is 1. The second-order valence-corrected chi connectivity index (χ2v) is 7.89. The number of benzene rings is 1. The molecule has 2 N–H and O–H groups in total. The molecule has 5 nitrogen and oxygen atoms in total. The van der Waals surface area contributed by atoms with Crippen molar-refractivity contribution in [3.8, 4) is 0 Å². The quantitative estimate of drug-likeness (QED) is 0.814. The predicted molar refractivity (Wildman–Crippen MR) is 91.1 cm³/mol. The first-order valence-corrected chi connectivity index (χ1v) is 9.50. The van der Waals surface area contributed by atoms with Gasteiger partial charge < -0.3 is 5.32 Å². The molecule has 120 valence electrons. The summed E-state index contributed by atoms with van der Waals surface area (Å²) >= 11 is 1.51. The zero-order valence-electron chi connectivity index (χ0n) is 13.0. The second-order valence-electron chi connectivity index (χ2n) is 5.27. The molecule has 0 amide bonds. The van der Waals surface area contributed by atoms with Crippen LogP contribution in [-0.2, 0) is 16.4 Å². The van der Waals surface area contributed by atoms with Gasteiger partial charge in [-0.1, -0.05) is 26.0 Å². The van der Waals surface area contributed by atoms with E-state index in [-0.39, 0.29) is 0 Å². The first kappa shape index (κ1) is 16.9. The van der Waals surface area contributed by atoms with Crippen LogP contribution in [0, 0.1) is 0 Å². The van der Waals surface area contributed by atoms with Crippen LogP contribution < -0.4 is 10.0 Å². The van der Waals surface area contributed by atoms with Crippen LogP contribution in [0.3, 0.4) is 0 Å². The highest BCUT2D eigenvalue weighted by Gasteiger charge is 2.14. The lowest BCUT2D eigenvalue weighted by Crippen LogP contribution is -2.26. The van der Waals surface area contributed by atoms with E-state index in [1.807, 2.05) is 24.6 Å². The van der Waals surface area contributed by atoms with Crippen molar-refractivity contribution in [2.45, 2.75) is 31.1 Å². The van der Waals surface area contributed by atoms with E-state index in [1.54, 1.807) is 12.1 Å².